The zero-order valence-corrected chi connectivity index (χ0v) is 14.4. The average Bonchev–Trinajstić information content (AvgIpc) is 3.07. The van der Waals surface area contributed by atoms with Gasteiger partial charge in [-0.15, -0.1) is 0 Å². The minimum atomic E-state index is 0.115. The van der Waals surface area contributed by atoms with E-state index < -0.39 is 0 Å². The number of carbonyl (C=O) groups excluding carboxylic acids is 1. The summed E-state index contributed by atoms with van der Waals surface area (Å²) in [5.74, 6) is 1.12. The molecule has 5 heteroatoms. The van der Waals surface area contributed by atoms with Gasteiger partial charge in [-0.3, -0.25) is 4.79 Å². The molecule has 1 saturated heterocycles. The van der Waals surface area contributed by atoms with Crippen LogP contribution in [0.2, 0.25) is 0 Å². The highest BCUT2D eigenvalue weighted by Gasteiger charge is 2.25. The molecule has 4 rings (SSSR count). The van der Waals surface area contributed by atoms with E-state index in [0.29, 0.717) is 0 Å². The van der Waals surface area contributed by atoms with E-state index in [1.54, 1.807) is 0 Å². The summed E-state index contributed by atoms with van der Waals surface area (Å²) in [4.78, 5) is 21.6. The van der Waals surface area contributed by atoms with Crippen molar-refractivity contribution in [3.05, 3.63) is 60.2 Å². The second kappa shape index (κ2) is 6.59. The van der Waals surface area contributed by atoms with Crippen LogP contribution >= 0.6 is 0 Å². The quantitative estimate of drug-likeness (QED) is 0.739. The Morgan fingerprint density at radius 1 is 0.960 bits per heavy atom. The molecule has 0 radical (unpaired) electrons. The van der Waals surface area contributed by atoms with E-state index in [4.69, 9.17) is 4.98 Å². The molecule has 1 amide bonds. The van der Waals surface area contributed by atoms with Crippen molar-refractivity contribution >= 4 is 22.9 Å². The number of rotatable bonds is 3. The first-order chi connectivity index (χ1) is 12.3. The van der Waals surface area contributed by atoms with Gasteiger partial charge in [-0.1, -0.05) is 30.3 Å². The third-order valence-corrected chi connectivity index (χ3v) is 4.82. The maximum absolute atomic E-state index is 12.6. The first kappa shape index (κ1) is 15.7. The molecule has 1 aliphatic heterocycles. The van der Waals surface area contributed by atoms with Gasteiger partial charge in [0.05, 0.1) is 11.0 Å². The third-order valence-electron chi connectivity index (χ3n) is 4.82. The van der Waals surface area contributed by atoms with Crippen molar-refractivity contribution in [2.45, 2.75) is 13.5 Å². The van der Waals surface area contributed by atoms with Gasteiger partial charge in [0, 0.05) is 38.3 Å². The molecular weight excluding hydrogens is 312 g/mol. The molecule has 0 bridgehead atoms. The Labute approximate surface area is 147 Å². The number of amides is 1. The molecule has 128 valence electrons. The van der Waals surface area contributed by atoms with Crippen LogP contribution in [0.3, 0.4) is 0 Å². The molecule has 2 heterocycles. The fraction of sp³-hybridized carbons (Fsp3) is 0.300. The number of para-hydroxylation sites is 2. The summed E-state index contributed by atoms with van der Waals surface area (Å²) in [5.41, 5.74) is 2.96. The lowest BCUT2D eigenvalue weighted by Gasteiger charge is -2.35. The van der Waals surface area contributed by atoms with Crippen molar-refractivity contribution in [1.82, 2.24) is 14.5 Å². The van der Waals surface area contributed by atoms with Crippen molar-refractivity contribution in [3.8, 4) is 0 Å². The van der Waals surface area contributed by atoms with Crippen molar-refractivity contribution in [1.29, 1.82) is 0 Å². The molecular formula is C20H22N4O. The van der Waals surface area contributed by atoms with Crippen LogP contribution in [0.1, 0.15) is 17.3 Å². The Hall–Kier alpha value is -2.82. The van der Waals surface area contributed by atoms with Gasteiger partial charge in [0.2, 0.25) is 5.95 Å². The summed E-state index contributed by atoms with van der Waals surface area (Å²) < 4.78 is 2.25. The van der Waals surface area contributed by atoms with Crippen LogP contribution in [0.5, 0.6) is 0 Å². The standard InChI is InChI=1S/C20H22N4O/c1-2-24-18-11-7-6-10-17(18)21-20(24)23-14-12-22(13-15-23)19(25)16-8-4-3-5-9-16/h3-11H,2,12-15H2,1H3. The minimum Gasteiger partial charge on any atom is -0.339 e. The summed E-state index contributed by atoms with van der Waals surface area (Å²) in [7, 11) is 0. The van der Waals surface area contributed by atoms with E-state index in [9.17, 15) is 4.79 Å². The topological polar surface area (TPSA) is 41.4 Å². The number of nitrogens with zero attached hydrogens (tertiary/aromatic N) is 4. The Morgan fingerprint density at radius 2 is 1.64 bits per heavy atom. The molecule has 0 N–H and O–H groups in total. The van der Waals surface area contributed by atoms with E-state index in [1.165, 1.54) is 5.52 Å². The summed E-state index contributed by atoms with van der Waals surface area (Å²) in [6.07, 6.45) is 0. The van der Waals surface area contributed by atoms with Crippen molar-refractivity contribution in [2.75, 3.05) is 31.1 Å². The normalized spacial score (nSPS) is 14.9. The Bertz CT molecular complexity index is 879. The number of carbonyl (C=O) groups is 1. The summed E-state index contributed by atoms with van der Waals surface area (Å²) in [5, 5.41) is 0. The molecule has 0 atom stereocenters. The Kier molecular flexibility index (Phi) is 4.14. The van der Waals surface area contributed by atoms with E-state index in [0.717, 1.165) is 49.8 Å². The van der Waals surface area contributed by atoms with Gasteiger partial charge < -0.3 is 14.4 Å². The molecule has 0 unspecified atom stereocenters. The maximum Gasteiger partial charge on any atom is 0.253 e. The van der Waals surface area contributed by atoms with Gasteiger partial charge in [-0.2, -0.15) is 0 Å². The van der Waals surface area contributed by atoms with E-state index in [1.807, 2.05) is 41.3 Å². The van der Waals surface area contributed by atoms with Crippen LogP contribution in [0.25, 0.3) is 11.0 Å². The Balaban J connectivity index is 1.52. The molecule has 3 aromatic rings. The molecule has 0 saturated carbocycles. The number of anilines is 1. The highest BCUT2D eigenvalue weighted by Crippen LogP contribution is 2.23. The lowest BCUT2D eigenvalue weighted by molar-refractivity contribution is 0.0746. The largest absolute Gasteiger partial charge is 0.339 e. The van der Waals surface area contributed by atoms with Crippen LogP contribution in [-0.4, -0.2) is 46.5 Å². The highest BCUT2D eigenvalue weighted by atomic mass is 16.2. The number of hydrogen-bond donors (Lipinski definition) is 0. The van der Waals surface area contributed by atoms with Crippen molar-refractivity contribution < 1.29 is 4.79 Å². The van der Waals surface area contributed by atoms with Crippen LogP contribution in [-0.2, 0) is 6.54 Å². The molecule has 0 aliphatic carbocycles. The van der Waals surface area contributed by atoms with Crippen molar-refractivity contribution in [2.24, 2.45) is 0 Å². The summed E-state index contributed by atoms with van der Waals surface area (Å²) >= 11 is 0. The minimum absolute atomic E-state index is 0.115. The number of piperazine rings is 1. The third kappa shape index (κ3) is 2.86. The summed E-state index contributed by atoms with van der Waals surface area (Å²) in [6, 6.07) is 17.8. The molecule has 1 aromatic heterocycles. The van der Waals surface area contributed by atoms with E-state index in [-0.39, 0.29) is 5.91 Å². The number of benzene rings is 2. The van der Waals surface area contributed by atoms with Gasteiger partial charge in [0.15, 0.2) is 0 Å². The lowest BCUT2D eigenvalue weighted by Crippen LogP contribution is -2.49. The number of hydrogen-bond acceptors (Lipinski definition) is 3. The first-order valence-corrected chi connectivity index (χ1v) is 8.82. The maximum atomic E-state index is 12.6. The second-order valence-electron chi connectivity index (χ2n) is 6.29. The molecule has 0 spiro atoms. The van der Waals surface area contributed by atoms with Crippen LogP contribution in [0.15, 0.2) is 54.6 Å². The highest BCUT2D eigenvalue weighted by molar-refractivity contribution is 5.94. The number of imidazole rings is 1. The number of fused-ring (bicyclic) bond motifs is 1. The molecule has 1 aliphatic rings. The fourth-order valence-electron chi connectivity index (χ4n) is 3.49. The van der Waals surface area contributed by atoms with Gasteiger partial charge in [0.1, 0.15) is 0 Å². The summed E-state index contributed by atoms with van der Waals surface area (Å²) in [6.45, 7) is 6.09. The predicted molar refractivity (Wildman–Crippen MR) is 100.0 cm³/mol. The van der Waals surface area contributed by atoms with Crippen molar-refractivity contribution in [3.63, 3.8) is 0 Å². The van der Waals surface area contributed by atoms with Gasteiger partial charge in [0.25, 0.3) is 5.91 Å². The number of aryl methyl sites for hydroxylation is 1. The fourth-order valence-corrected chi connectivity index (χ4v) is 3.49. The molecule has 5 nitrogen and oxygen atoms in total. The Morgan fingerprint density at radius 3 is 2.36 bits per heavy atom. The lowest BCUT2D eigenvalue weighted by atomic mass is 10.2. The van der Waals surface area contributed by atoms with Crippen LogP contribution < -0.4 is 4.90 Å². The zero-order valence-electron chi connectivity index (χ0n) is 14.4. The number of aromatic nitrogens is 2. The molecule has 25 heavy (non-hydrogen) atoms. The van der Waals surface area contributed by atoms with E-state index in [2.05, 4.69) is 34.6 Å². The second-order valence-corrected chi connectivity index (χ2v) is 6.29. The molecule has 1 fully saturated rings. The predicted octanol–water partition coefficient (Wildman–Crippen LogP) is 3.02. The van der Waals surface area contributed by atoms with Crippen LogP contribution in [0, 0.1) is 0 Å². The van der Waals surface area contributed by atoms with Gasteiger partial charge in [-0.05, 0) is 31.2 Å². The van der Waals surface area contributed by atoms with E-state index >= 15 is 0 Å². The SMILES string of the molecule is CCn1c(N2CCN(C(=O)c3ccccc3)CC2)nc2ccccc21. The molecule has 2 aromatic carbocycles. The van der Waals surface area contributed by atoms with Crippen LogP contribution in [0.4, 0.5) is 5.95 Å². The van der Waals surface area contributed by atoms with Gasteiger partial charge in [-0.25, -0.2) is 4.98 Å². The monoisotopic (exact) mass is 334 g/mol. The first-order valence-electron chi connectivity index (χ1n) is 8.82. The zero-order chi connectivity index (χ0) is 17.2. The average molecular weight is 334 g/mol. The smallest absolute Gasteiger partial charge is 0.253 e. The van der Waals surface area contributed by atoms with Gasteiger partial charge >= 0.3 is 0 Å².